The molecule has 0 fully saturated rings. The molecular formula is C18H18N2O4. The topological polar surface area (TPSA) is 88.0 Å². The fraction of sp³-hybridized carbons (Fsp3) is 0.167. The molecule has 0 bridgehead atoms. The van der Waals surface area contributed by atoms with Crippen LogP contribution in [0.4, 0.5) is 0 Å². The van der Waals surface area contributed by atoms with Crippen molar-refractivity contribution in [3.63, 3.8) is 0 Å². The maximum atomic E-state index is 12.0. The SMILES string of the molecule is CC/C(=N/NC(=O)c1ccccc1)c1ccc(OCC(=O)O)cc1. The van der Waals surface area contributed by atoms with Crippen molar-refractivity contribution in [2.45, 2.75) is 13.3 Å². The second-order valence-corrected chi connectivity index (χ2v) is 4.93. The molecule has 2 N–H and O–H groups in total. The van der Waals surface area contributed by atoms with Gasteiger partial charge in [-0.3, -0.25) is 4.79 Å². The Morgan fingerprint density at radius 2 is 1.71 bits per heavy atom. The van der Waals surface area contributed by atoms with Crippen molar-refractivity contribution in [2.24, 2.45) is 5.10 Å². The lowest BCUT2D eigenvalue weighted by Crippen LogP contribution is -2.19. The van der Waals surface area contributed by atoms with Crippen LogP contribution in [-0.4, -0.2) is 29.3 Å². The lowest BCUT2D eigenvalue weighted by Gasteiger charge is -2.07. The quantitative estimate of drug-likeness (QED) is 0.605. The van der Waals surface area contributed by atoms with E-state index in [9.17, 15) is 9.59 Å². The number of hydrogen-bond donors (Lipinski definition) is 2. The summed E-state index contributed by atoms with van der Waals surface area (Å²) in [6.45, 7) is 1.55. The zero-order valence-electron chi connectivity index (χ0n) is 13.2. The van der Waals surface area contributed by atoms with E-state index in [0.29, 0.717) is 23.4 Å². The molecule has 0 atom stereocenters. The zero-order valence-corrected chi connectivity index (χ0v) is 13.2. The van der Waals surface area contributed by atoms with Gasteiger partial charge in [-0.05, 0) is 48.4 Å². The van der Waals surface area contributed by atoms with Crippen molar-refractivity contribution in [3.8, 4) is 5.75 Å². The standard InChI is InChI=1S/C18H18N2O4/c1-2-16(19-20-18(23)14-6-4-3-5-7-14)13-8-10-15(11-9-13)24-12-17(21)22/h3-11H,2,12H2,1H3,(H,20,23)(H,21,22)/b19-16-. The highest BCUT2D eigenvalue weighted by atomic mass is 16.5. The van der Waals surface area contributed by atoms with Gasteiger partial charge in [0.25, 0.3) is 5.91 Å². The molecule has 0 aromatic heterocycles. The first-order valence-corrected chi connectivity index (χ1v) is 7.47. The van der Waals surface area contributed by atoms with Crippen molar-refractivity contribution >= 4 is 17.6 Å². The van der Waals surface area contributed by atoms with Crippen LogP contribution >= 0.6 is 0 Å². The van der Waals surface area contributed by atoms with E-state index >= 15 is 0 Å². The molecule has 2 aromatic carbocycles. The third-order valence-corrected chi connectivity index (χ3v) is 3.21. The van der Waals surface area contributed by atoms with E-state index in [-0.39, 0.29) is 12.5 Å². The van der Waals surface area contributed by atoms with Gasteiger partial charge in [-0.15, -0.1) is 0 Å². The fourth-order valence-electron chi connectivity index (χ4n) is 2.01. The van der Waals surface area contributed by atoms with Crippen LogP contribution in [0.15, 0.2) is 59.7 Å². The Morgan fingerprint density at radius 1 is 1.04 bits per heavy atom. The van der Waals surface area contributed by atoms with E-state index in [1.54, 1.807) is 48.5 Å². The molecule has 0 saturated heterocycles. The average molecular weight is 326 g/mol. The van der Waals surface area contributed by atoms with Crippen molar-refractivity contribution < 1.29 is 19.4 Å². The maximum absolute atomic E-state index is 12.0. The molecule has 0 spiro atoms. The third kappa shape index (κ3) is 4.95. The van der Waals surface area contributed by atoms with Crippen molar-refractivity contribution in [2.75, 3.05) is 6.61 Å². The highest BCUT2D eigenvalue weighted by molar-refractivity contribution is 6.02. The minimum Gasteiger partial charge on any atom is -0.482 e. The van der Waals surface area contributed by atoms with Gasteiger partial charge in [0.2, 0.25) is 0 Å². The molecule has 0 aliphatic rings. The van der Waals surface area contributed by atoms with Gasteiger partial charge in [0.15, 0.2) is 6.61 Å². The van der Waals surface area contributed by atoms with Gasteiger partial charge in [0.05, 0.1) is 5.71 Å². The number of hydrogen-bond acceptors (Lipinski definition) is 4. The number of rotatable bonds is 7. The predicted molar refractivity (Wildman–Crippen MR) is 90.3 cm³/mol. The van der Waals surface area contributed by atoms with Crippen LogP contribution in [0.5, 0.6) is 5.75 Å². The number of carboxylic acids is 1. The van der Waals surface area contributed by atoms with Gasteiger partial charge in [-0.25, -0.2) is 10.2 Å². The number of benzene rings is 2. The first kappa shape index (κ1) is 17.2. The van der Waals surface area contributed by atoms with Gasteiger partial charge in [0, 0.05) is 5.56 Å². The molecule has 0 heterocycles. The van der Waals surface area contributed by atoms with Crippen LogP contribution in [0.3, 0.4) is 0 Å². The van der Waals surface area contributed by atoms with Crippen molar-refractivity contribution in [3.05, 3.63) is 65.7 Å². The molecule has 0 unspecified atom stereocenters. The van der Waals surface area contributed by atoms with Gasteiger partial charge < -0.3 is 9.84 Å². The van der Waals surface area contributed by atoms with Crippen LogP contribution in [-0.2, 0) is 4.79 Å². The number of amides is 1. The van der Waals surface area contributed by atoms with Crippen LogP contribution < -0.4 is 10.2 Å². The number of carboxylic acid groups (broad SMARTS) is 1. The first-order valence-electron chi connectivity index (χ1n) is 7.47. The highest BCUT2D eigenvalue weighted by Crippen LogP contribution is 2.14. The van der Waals surface area contributed by atoms with Crippen LogP contribution in [0.1, 0.15) is 29.3 Å². The largest absolute Gasteiger partial charge is 0.482 e. The van der Waals surface area contributed by atoms with E-state index in [2.05, 4.69) is 10.5 Å². The predicted octanol–water partition coefficient (Wildman–Crippen LogP) is 2.69. The molecule has 0 radical (unpaired) electrons. The molecule has 6 nitrogen and oxygen atoms in total. The monoisotopic (exact) mass is 326 g/mol. The number of hydrazone groups is 1. The van der Waals surface area contributed by atoms with Gasteiger partial charge in [0.1, 0.15) is 5.75 Å². The van der Waals surface area contributed by atoms with Gasteiger partial charge >= 0.3 is 5.97 Å². The number of carbonyl (C=O) groups excluding carboxylic acids is 1. The summed E-state index contributed by atoms with van der Waals surface area (Å²) in [4.78, 5) is 22.5. The van der Waals surface area contributed by atoms with Crippen LogP contribution in [0, 0.1) is 0 Å². The summed E-state index contributed by atoms with van der Waals surface area (Å²) in [6.07, 6.45) is 0.629. The van der Waals surface area contributed by atoms with Crippen molar-refractivity contribution in [1.29, 1.82) is 0 Å². The van der Waals surface area contributed by atoms with Crippen LogP contribution in [0.25, 0.3) is 0 Å². The number of nitrogens with zero attached hydrogens (tertiary/aromatic N) is 1. The zero-order chi connectivity index (χ0) is 17.4. The third-order valence-electron chi connectivity index (χ3n) is 3.21. The van der Waals surface area contributed by atoms with E-state index in [4.69, 9.17) is 9.84 Å². The normalized spacial score (nSPS) is 11.0. The van der Waals surface area contributed by atoms with Gasteiger partial charge in [-0.2, -0.15) is 5.10 Å². The number of aliphatic carboxylic acids is 1. The Hall–Kier alpha value is -3.15. The Labute approximate surface area is 139 Å². The summed E-state index contributed by atoms with van der Waals surface area (Å²) in [7, 11) is 0. The summed E-state index contributed by atoms with van der Waals surface area (Å²) in [5.74, 6) is -0.841. The van der Waals surface area contributed by atoms with E-state index in [1.807, 2.05) is 13.0 Å². The molecule has 2 rings (SSSR count). The molecule has 1 amide bonds. The number of carbonyl (C=O) groups is 2. The fourth-order valence-corrected chi connectivity index (χ4v) is 2.01. The van der Waals surface area contributed by atoms with Crippen LogP contribution in [0.2, 0.25) is 0 Å². The van der Waals surface area contributed by atoms with Crippen molar-refractivity contribution in [1.82, 2.24) is 5.43 Å². The average Bonchev–Trinajstić information content (AvgIpc) is 2.62. The summed E-state index contributed by atoms with van der Waals surface area (Å²) in [5, 5.41) is 12.8. The second-order valence-electron chi connectivity index (χ2n) is 4.93. The Balaban J connectivity index is 2.04. The number of ether oxygens (including phenoxy) is 1. The molecule has 0 aliphatic heterocycles. The highest BCUT2D eigenvalue weighted by Gasteiger charge is 2.06. The smallest absolute Gasteiger partial charge is 0.341 e. The molecule has 0 saturated carbocycles. The summed E-state index contributed by atoms with van der Waals surface area (Å²) < 4.78 is 5.08. The summed E-state index contributed by atoms with van der Waals surface area (Å²) in [6, 6.07) is 15.7. The minimum atomic E-state index is -1.03. The molecular weight excluding hydrogens is 308 g/mol. The minimum absolute atomic E-state index is 0.275. The van der Waals surface area contributed by atoms with Gasteiger partial charge in [-0.1, -0.05) is 25.1 Å². The Kier molecular flexibility index (Phi) is 6.08. The molecule has 2 aromatic rings. The molecule has 6 heteroatoms. The lowest BCUT2D eigenvalue weighted by molar-refractivity contribution is -0.139. The molecule has 124 valence electrons. The van der Waals surface area contributed by atoms with E-state index in [1.165, 1.54) is 0 Å². The van der Waals surface area contributed by atoms with E-state index < -0.39 is 5.97 Å². The molecule has 0 aliphatic carbocycles. The second kappa shape index (κ2) is 8.47. The summed E-state index contributed by atoms with van der Waals surface area (Å²) >= 11 is 0. The molecule has 24 heavy (non-hydrogen) atoms. The lowest BCUT2D eigenvalue weighted by atomic mass is 10.1. The van der Waals surface area contributed by atoms with E-state index in [0.717, 1.165) is 5.56 Å². The Morgan fingerprint density at radius 3 is 2.29 bits per heavy atom. The Bertz CT molecular complexity index is 724. The number of nitrogens with one attached hydrogen (secondary N) is 1. The maximum Gasteiger partial charge on any atom is 0.341 e. The summed E-state index contributed by atoms with van der Waals surface area (Å²) in [5.41, 5.74) is 4.62. The first-order chi connectivity index (χ1) is 11.6.